The maximum absolute atomic E-state index is 12.7. The Morgan fingerprint density at radius 1 is 1.30 bits per heavy atom. The molecule has 168 valence electrons. The Morgan fingerprint density at radius 2 is 1.93 bits per heavy atom. The molecule has 1 aromatic carbocycles. The number of hydrogen-bond donors (Lipinski definition) is 3. The summed E-state index contributed by atoms with van der Waals surface area (Å²) in [6, 6.07) is 8.08. The first-order valence-corrected chi connectivity index (χ1v) is 11.4. The molecule has 10 heteroatoms. The van der Waals surface area contributed by atoms with Gasteiger partial charge in [0.2, 0.25) is 5.91 Å². The fourth-order valence-corrected chi connectivity index (χ4v) is 4.38. The molecule has 5 atom stereocenters. The second kappa shape index (κ2) is 11.7. The molecule has 1 saturated heterocycles. The number of aliphatic hydroxyl groups is 2. The van der Waals surface area contributed by atoms with Crippen LogP contribution in [-0.2, 0) is 27.9 Å². The number of amides is 1. The number of aliphatic hydroxyl groups excluding tert-OH is 2. The van der Waals surface area contributed by atoms with Crippen LogP contribution < -0.4 is 5.32 Å². The van der Waals surface area contributed by atoms with E-state index < -0.39 is 44.1 Å². The molecule has 0 aliphatic carbocycles. The lowest BCUT2D eigenvalue weighted by Crippen LogP contribution is -2.55. The Balaban J connectivity index is 2.21. The first kappa shape index (κ1) is 24.7. The van der Waals surface area contributed by atoms with E-state index in [1.54, 1.807) is 26.0 Å². The molecule has 3 N–H and O–H groups in total. The number of ether oxygens (including phenoxy) is 2. The van der Waals surface area contributed by atoms with Crippen LogP contribution in [0.25, 0.3) is 0 Å². The number of rotatable bonds is 10. The highest BCUT2D eigenvalue weighted by Gasteiger charge is 2.39. The normalized spacial score (nSPS) is 24.5. The van der Waals surface area contributed by atoms with Gasteiger partial charge in [-0.15, -0.1) is 0 Å². The molecular weight excluding hydrogens is 413 g/mol. The zero-order valence-electron chi connectivity index (χ0n) is 17.3. The van der Waals surface area contributed by atoms with Crippen LogP contribution in [-0.4, -0.2) is 60.3 Å². The summed E-state index contributed by atoms with van der Waals surface area (Å²) in [6.45, 7) is 4.90. The van der Waals surface area contributed by atoms with Crippen LogP contribution in [0.5, 0.6) is 0 Å². The molecule has 30 heavy (non-hydrogen) atoms. The van der Waals surface area contributed by atoms with Gasteiger partial charge in [0.1, 0.15) is 18.3 Å². The smallest absolute Gasteiger partial charge is 0.353 e. The highest BCUT2D eigenvalue weighted by molar-refractivity contribution is 7.57. The molecular formula is C20H30NO8P. The van der Waals surface area contributed by atoms with Gasteiger partial charge < -0.3 is 34.1 Å². The highest BCUT2D eigenvalue weighted by Crippen LogP contribution is 2.49. The average molecular weight is 443 g/mol. The van der Waals surface area contributed by atoms with Gasteiger partial charge in [0.05, 0.1) is 25.9 Å². The van der Waals surface area contributed by atoms with Crippen molar-refractivity contribution in [2.24, 2.45) is 0 Å². The van der Waals surface area contributed by atoms with Crippen molar-refractivity contribution < 1.29 is 38.1 Å². The third-order valence-electron chi connectivity index (χ3n) is 4.32. The van der Waals surface area contributed by atoms with Crippen LogP contribution >= 0.6 is 7.60 Å². The fraction of sp³-hybridized carbons (Fsp3) is 0.550. The first-order chi connectivity index (χ1) is 14.3. The van der Waals surface area contributed by atoms with Gasteiger partial charge in [-0.25, -0.2) is 0 Å². The van der Waals surface area contributed by atoms with E-state index >= 15 is 0 Å². The third-order valence-corrected chi connectivity index (χ3v) is 6.09. The van der Waals surface area contributed by atoms with Crippen molar-refractivity contribution in [3.63, 3.8) is 0 Å². The Labute approximate surface area is 176 Å². The van der Waals surface area contributed by atoms with Gasteiger partial charge in [-0.1, -0.05) is 36.4 Å². The Morgan fingerprint density at radius 3 is 2.50 bits per heavy atom. The van der Waals surface area contributed by atoms with Crippen LogP contribution in [0.1, 0.15) is 32.6 Å². The molecule has 0 bridgehead atoms. The lowest BCUT2D eigenvalue weighted by Gasteiger charge is -2.38. The van der Waals surface area contributed by atoms with Crippen LogP contribution in [0.15, 0.2) is 42.2 Å². The number of carbonyl (C=O) groups excluding carboxylic acids is 1. The van der Waals surface area contributed by atoms with Crippen LogP contribution in [0.4, 0.5) is 0 Å². The van der Waals surface area contributed by atoms with Crippen molar-refractivity contribution in [3.8, 4) is 0 Å². The van der Waals surface area contributed by atoms with Gasteiger partial charge in [-0.2, -0.15) is 0 Å². The SMILES string of the molecule is CCOP(=O)(/C=C/[C@H](NC(C)=O)[C@@H](O)[C@@H]1OC(c2ccccc2)OC[C@H]1O)OCC. The Kier molecular flexibility index (Phi) is 9.64. The van der Waals surface area contributed by atoms with Gasteiger partial charge in [0.15, 0.2) is 6.29 Å². The zero-order valence-corrected chi connectivity index (χ0v) is 18.2. The summed E-state index contributed by atoms with van der Waals surface area (Å²) in [7, 11) is -3.54. The fourth-order valence-electron chi connectivity index (χ4n) is 3.01. The summed E-state index contributed by atoms with van der Waals surface area (Å²) in [6.07, 6.45) is -3.00. The molecule has 1 aromatic rings. The van der Waals surface area contributed by atoms with Gasteiger partial charge in [0.25, 0.3) is 0 Å². The van der Waals surface area contributed by atoms with E-state index in [1.165, 1.54) is 18.8 Å². The predicted octanol–water partition coefficient (Wildman–Crippen LogP) is 2.11. The van der Waals surface area contributed by atoms with Gasteiger partial charge in [-0.3, -0.25) is 9.36 Å². The number of carbonyl (C=O) groups is 1. The maximum atomic E-state index is 12.7. The second-order valence-electron chi connectivity index (χ2n) is 6.68. The van der Waals surface area contributed by atoms with E-state index in [9.17, 15) is 19.6 Å². The molecule has 1 fully saturated rings. The van der Waals surface area contributed by atoms with Crippen LogP contribution in [0.2, 0.25) is 0 Å². The number of hydrogen-bond acceptors (Lipinski definition) is 8. The quantitative estimate of drug-likeness (QED) is 0.470. The molecule has 1 amide bonds. The third kappa shape index (κ3) is 6.99. The van der Waals surface area contributed by atoms with E-state index in [0.717, 1.165) is 5.56 Å². The van der Waals surface area contributed by atoms with Crippen molar-refractivity contribution in [1.82, 2.24) is 5.32 Å². The molecule has 1 heterocycles. The molecule has 1 aliphatic heterocycles. The molecule has 0 radical (unpaired) electrons. The Bertz CT molecular complexity index is 734. The van der Waals surface area contributed by atoms with Crippen LogP contribution in [0, 0.1) is 0 Å². The second-order valence-corrected chi connectivity index (χ2v) is 8.57. The van der Waals surface area contributed by atoms with Crippen molar-refractivity contribution >= 4 is 13.5 Å². The predicted molar refractivity (Wildman–Crippen MR) is 110 cm³/mol. The molecule has 1 aliphatic rings. The molecule has 0 saturated carbocycles. The van der Waals surface area contributed by atoms with Crippen molar-refractivity contribution in [2.45, 2.75) is 51.4 Å². The first-order valence-electron chi connectivity index (χ1n) is 9.83. The Hall–Kier alpha value is -1.58. The molecule has 0 aromatic heterocycles. The van der Waals surface area contributed by atoms with Crippen molar-refractivity contribution in [1.29, 1.82) is 0 Å². The standard InChI is InChI=1S/C20H30NO8P/c1-4-27-30(25,28-5-2)12-11-16(21-14(3)22)18(24)19-17(23)13-26-20(29-19)15-9-7-6-8-10-15/h6-12,16-20,23-24H,4-5,13H2,1-3H3,(H,21,22)/b12-11+/t16-,17+,18+,19+,20?/m0/s1. The average Bonchev–Trinajstić information content (AvgIpc) is 2.72. The van der Waals surface area contributed by atoms with E-state index in [4.69, 9.17) is 18.5 Å². The van der Waals surface area contributed by atoms with Crippen molar-refractivity contribution in [3.05, 3.63) is 47.8 Å². The summed E-state index contributed by atoms with van der Waals surface area (Å²) in [5, 5.41) is 23.8. The van der Waals surface area contributed by atoms with E-state index in [-0.39, 0.29) is 19.8 Å². The van der Waals surface area contributed by atoms with E-state index in [0.29, 0.717) is 0 Å². The summed E-state index contributed by atoms with van der Waals surface area (Å²) in [5.74, 6) is 0.775. The molecule has 1 unspecified atom stereocenters. The summed E-state index contributed by atoms with van der Waals surface area (Å²) in [4.78, 5) is 11.7. The molecule has 2 rings (SSSR count). The number of nitrogens with one attached hydrogen (secondary N) is 1. The minimum absolute atomic E-state index is 0.0613. The molecule has 9 nitrogen and oxygen atoms in total. The highest BCUT2D eigenvalue weighted by atomic mass is 31.2. The molecule has 0 spiro atoms. The van der Waals surface area contributed by atoms with Gasteiger partial charge in [0, 0.05) is 18.3 Å². The maximum Gasteiger partial charge on any atom is 0.353 e. The minimum Gasteiger partial charge on any atom is -0.388 e. The summed E-state index contributed by atoms with van der Waals surface area (Å²) in [5.41, 5.74) is 0.727. The topological polar surface area (TPSA) is 124 Å². The van der Waals surface area contributed by atoms with Gasteiger partial charge >= 0.3 is 7.60 Å². The van der Waals surface area contributed by atoms with Gasteiger partial charge in [-0.05, 0) is 13.8 Å². The summed E-state index contributed by atoms with van der Waals surface area (Å²) < 4.78 is 34.4. The summed E-state index contributed by atoms with van der Waals surface area (Å²) >= 11 is 0. The minimum atomic E-state index is -3.54. The monoisotopic (exact) mass is 443 g/mol. The lowest BCUT2D eigenvalue weighted by atomic mass is 9.99. The van der Waals surface area contributed by atoms with E-state index in [2.05, 4.69) is 5.32 Å². The largest absolute Gasteiger partial charge is 0.388 e. The van der Waals surface area contributed by atoms with E-state index in [1.807, 2.05) is 18.2 Å². The van der Waals surface area contributed by atoms with Crippen LogP contribution in [0.3, 0.4) is 0 Å². The van der Waals surface area contributed by atoms with Crippen molar-refractivity contribution in [2.75, 3.05) is 19.8 Å². The lowest BCUT2D eigenvalue weighted by molar-refractivity contribution is -0.276. The number of benzene rings is 1. The zero-order chi connectivity index (χ0) is 22.1.